The molecule has 0 radical (unpaired) electrons. The first kappa shape index (κ1) is 6.78. The lowest BCUT2D eigenvalue weighted by atomic mass is 10.1. The van der Waals surface area contributed by atoms with E-state index in [1.807, 2.05) is 0 Å². The number of nitrogens with one attached hydrogen (secondary N) is 1. The van der Waals surface area contributed by atoms with Crippen LogP contribution in [0.25, 0.3) is 16.6 Å². The maximum atomic E-state index is 13.9. The van der Waals surface area contributed by atoms with E-state index in [-0.39, 0.29) is 9.13 Å². The molecule has 1 aliphatic heterocycles. The van der Waals surface area contributed by atoms with Gasteiger partial charge in [0.25, 0.3) is 5.56 Å². The van der Waals surface area contributed by atoms with E-state index in [2.05, 4.69) is 4.98 Å². The third-order valence-electron chi connectivity index (χ3n) is 3.88. The normalized spacial score (nSPS) is 29.0. The summed E-state index contributed by atoms with van der Waals surface area (Å²) in [5.41, 5.74) is -7.05. The van der Waals surface area contributed by atoms with Gasteiger partial charge >= 0.3 is 0 Å². The van der Waals surface area contributed by atoms with Crippen LogP contribution in [0.2, 0.25) is 0 Å². The van der Waals surface area contributed by atoms with Gasteiger partial charge in [0.05, 0.1) is 38.1 Å². The van der Waals surface area contributed by atoms with Crippen LogP contribution >= 0.6 is 0 Å². The molecule has 1 N–H and O–H groups in total. The van der Waals surface area contributed by atoms with Gasteiger partial charge in [-0.3, -0.25) is 14.3 Å². The number of hydrogen-bond acceptors (Lipinski definition) is 4. The molecule has 0 saturated heterocycles. The molecule has 152 valence electrons. The van der Waals surface area contributed by atoms with Gasteiger partial charge in [0, 0.05) is 62.0 Å². The van der Waals surface area contributed by atoms with Crippen molar-refractivity contribution in [2.24, 2.45) is 6.98 Å². The fourth-order valence-electron chi connectivity index (χ4n) is 2.59. The molecule has 1 aliphatic rings. The molecule has 4 heterocycles. The Labute approximate surface area is 200 Å². The Morgan fingerprint density at radius 2 is 2.30 bits per heavy atom. The van der Waals surface area contributed by atoms with E-state index in [1.54, 1.807) is 5.32 Å². The lowest BCUT2D eigenvalue weighted by Gasteiger charge is -2.14. The Bertz CT molecular complexity index is 2210. The number of benzene rings is 1. The minimum absolute atomic E-state index is 0.0434. The van der Waals surface area contributed by atoms with Gasteiger partial charge in [-0.1, -0.05) is 6.04 Å². The topological polar surface area (TPSA) is 61.1 Å². The fourth-order valence-corrected chi connectivity index (χ4v) is 2.59. The van der Waals surface area contributed by atoms with Crippen molar-refractivity contribution >= 4 is 10.9 Å². The molecule has 6 nitrogen and oxygen atoms in total. The quantitative estimate of drug-likeness (QED) is 0.547. The molecule has 0 atom stereocenters. The highest BCUT2D eigenvalue weighted by Gasteiger charge is 2.18. The molecule has 1 aromatic carbocycles. The molecule has 30 heavy (non-hydrogen) atoms. The van der Waals surface area contributed by atoms with E-state index in [0.29, 0.717) is 0 Å². The average Bonchev–Trinajstić information content (AvgIpc) is 3.38. The minimum atomic E-state index is -3.52. The van der Waals surface area contributed by atoms with E-state index in [4.69, 9.17) is 32.2 Å². The maximum absolute atomic E-state index is 13.9. The van der Waals surface area contributed by atoms with Crippen molar-refractivity contribution in [3.05, 3.63) is 87.8 Å². The first-order valence-electron chi connectivity index (χ1n) is 18.1. The van der Waals surface area contributed by atoms with E-state index in [9.17, 15) is 9.18 Å². The van der Waals surface area contributed by atoms with Gasteiger partial charge in [0.2, 0.25) is 0 Å². The van der Waals surface area contributed by atoms with Crippen LogP contribution in [0.15, 0.2) is 59.4 Å². The summed E-state index contributed by atoms with van der Waals surface area (Å²) < 4.78 is 184. The van der Waals surface area contributed by atoms with Crippen LogP contribution in [-0.4, -0.2) is 20.6 Å². The smallest absolute Gasteiger partial charge is 0.258 e. The lowest BCUT2D eigenvalue weighted by Crippen LogP contribution is -2.24. The summed E-state index contributed by atoms with van der Waals surface area (Å²) in [7, 11) is 0. The van der Waals surface area contributed by atoms with Crippen LogP contribution in [0, 0.1) is 5.82 Å². The summed E-state index contributed by atoms with van der Waals surface area (Å²) in [6, 6.07) is -8.64. The fraction of sp³-hybridized carbons (Fsp3) is 0.217. The molecule has 7 heteroatoms. The van der Waals surface area contributed by atoms with Crippen molar-refractivity contribution in [3.8, 4) is 11.4 Å². The van der Waals surface area contributed by atoms with Crippen molar-refractivity contribution in [2.75, 3.05) is 6.50 Å². The number of pyridine rings is 2. The number of aromatic nitrogens is 3. The zero-order chi connectivity index (χ0) is 38.2. The van der Waals surface area contributed by atoms with E-state index >= 15 is 0 Å². The zero-order valence-corrected chi connectivity index (χ0v) is 14.5. The van der Waals surface area contributed by atoms with Gasteiger partial charge < -0.3 is 14.6 Å². The van der Waals surface area contributed by atoms with Crippen LogP contribution < -0.4 is 15.6 Å². The third kappa shape index (κ3) is 3.27. The van der Waals surface area contributed by atoms with Crippen molar-refractivity contribution in [3.63, 3.8) is 0 Å². The van der Waals surface area contributed by atoms with Gasteiger partial charge in [-0.05, 0) is 35.8 Å². The highest BCUT2D eigenvalue weighted by atomic mass is 19.1. The molecule has 0 bridgehead atoms. The molecular formula is C23H21FN4O2. The number of aryl methyl sites for hydroxylation is 1. The Balaban J connectivity index is 1.86. The summed E-state index contributed by atoms with van der Waals surface area (Å²) in [4.78, 5) is 16.9. The summed E-state index contributed by atoms with van der Waals surface area (Å²) in [5, 5.41) is 0.962. The summed E-state index contributed by atoms with van der Waals surface area (Å²) in [6.07, 6.45) is -5.95. The standard InChI is InChI=1S/C23H21FN4O2/c1-27-21-6-8-25-13-20(21)19-5-4-17(10-22(19)27)28-9-7-18(11-23(28)29)30-14-16-3-2-15(24)12-26-16/h2-5,7,9-12,25H,6,8,13-14H2,1H3/i1D3,2D,3D,4D,5D,6D2,7D,8D2,9D,10D,11D,12D,13D2,14D2. The van der Waals surface area contributed by atoms with Crippen LogP contribution in [-0.2, 0) is 26.4 Å². The SMILES string of the molecule is [2H]c1nc(C([2H])([2H])Oc2c([2H])c([2H])n(-c3c([2H])c([2H])c4c5c(n(C([2H])([2H])[2H])c4c3[2H])C([2H])([2H])C([2H])([2H])NC5([2H])[2H])c(=O)c2[2H])c([2H])c([2H])c1F. The molecule has 0 aliphatic carbocycles. The Hall–Kier alpha value is -3.45. The van der Waals surface area contributed by atoms with Crippen molar-refractivity contribution in [2.45, 2.75) is 19.4 Å². The maximum Gasteiger partial charge on any atom is 0.258 e. The van der Waals surface area contributed by atoms with Crippen LogP contribution in [0.4, 0.5) is 4.39 Å². The van der Waals surface area contributed by atoms with Crippen LogP contribution in [0.5, 0.6) is 5.75 Å². The van der Waals surface area contributed by atoms with E-state index in [1.165, 1.54) is 0 Å². The molecule has 0 amide bonds. The molecule has 5 rings (SSSR count). The molecule has 0 fully saturated rings. The summed E-state index contributed by atoms with van der Waals surface area (Å²) >= 11 is 0. The van der Waals surface area contributed by atoms with Gasteiger partial charge in [-0.15, -0.1) is 0 Å². The van der Waals surface area contributed by atoms with Gasteiger partial charge in [0.1, 0.15) is 18.1 Å². The van der Waals surface area contributed by atoms with E-state index < -0.39 is 138 Å². The second-order valence-electron chi connectivity index (χ2n) is 5.68. The summed E-state index contributed by atoms with van der Waals surface area (Å²) in [6.45, 7) is -13.3. The largest absolute Gasteiger partial charge is 0.487 e. The highest BCUT2D eigenvalue weighted by Crippen LogP contribution is 2.29. The molecule has 0 saturated carbocycles. The number of hydrogen-bond donors (Lipinski definition) is 1. The van der Waals surface area contributed by atoms with Gasteiger partial charge in [-0.25, -0.2) is 4.39 Å². The predicted molar refractivity (Wildman–Crippen MR) is 112 cm³/mol. The molecular weight excluding hydrogens is 383 g/mol. The Kier molecular flexibility index (Phi) is 1.68. The monoisotopic (exact) mass is 424 g/mol. The molecule has 4 aromatic rings. The third-order valence-corrected chi connectivity index (χ3v) is 3.88. The number of halogens is 1. The van der Waals surface area contributed by atoms with Crippen molar-refractivity contribution < 1.29 is 36.5 Å². The Morgan fingerprint density at radius 3 is 3.20 bits per heavy atom. The minimum Gasteiger partial charge on any atom is -0.487 e. The molecule has 0 spiro atoms. The zero-order valence-electron chi connectivity index (χ0n) is 34.5. The van der Waals surface area contributed by atoms with Crippen LogP contribution in [0.1, 0.15) is 44.4 Å². The molecule has 0 unspecified atom stereocenters. The van der Waals surface area contributed by atoms with Crippen molar-refractivity contribution in [1.82, 2.24) is 19.4 Å². The first-order valence-corrected chi connectivity index (χ1v) is 8.09. The van der Waals surface area contributed by atoms with E-state index in [0.717, 1.165) is 0 Å². The highest BCUT2D eigenvalue weighted by molar-refractivity contribution is 5.87. The number of nitrogens with zero attached hydrogens (tertiary/aromatic N) is 3. The van der Waals surface area contributed by atoms with Crippen molar-refractivity contribution in [1.29, 1.82) is 0 Å². The molecule has 3 aromatic heterocycles. The lowest BCUT2D eigenvalue weighted by molar-refractivity contribution is 0.300. The first-order chi connectivity index (χ1) is 22.5. The number of ether oxygens (including phenoxy) is 1. The Morgan fingerprint density at radius 1 is 1.37 bits per heavy atom. The number of rotatable bonds is 4. The second-order valence-corrected chi connectivity index (χ2v) is 5.68. The van der Waals surface area contributed by atoms with Crippen LogP contribution in [0.3, 0.4) is 0 Å². The summed E-state index contributed by atoms with van der Waals surface area (Å²) in [5.74, 6) is -2.85. The van der Waals surface area contributed by atoms with Gasteiger partial charge in [0.15, 0.2) is 0 Å². The predicted octanol–water partition coefficient (Wildman–Crippen LogP) is 3.09. The number of fused-ring (bicyclic) bond motifs is 3. The second kappa shape index (κ2) is 7.42. The average molecular weight is 425 g/mol. The van der Waals surface area contributed by atoms with Gasteiger partial charge in [-0.2, -0.15) is 0 Å².